The zero-order chi connectivity index (χ0) is 20.7. The van der Waals surface area contributed by atoms with Crippen molar-refractivity contribution in [2.75, 3.05) is 11.4 Å². The Kier molecular flexibility index (Phi) is 4.85. The summed E-state index contributed by atoms with van der Waals surface area (Å²) in [5, 5.41) is 6.83. The minimum atomic E-state index is -1.25. The van der Waals surface area contributed by atoms with Crippen LogP contribution < -0.4 is 10.2 Å². The largest absolute Gasteiger partial charge is 0.350 e. The van der Waals surface area contributed by atoms with Gasteiger partial charge in [0.1, 0.15) is 29.7 Å². The lowest BCUT2D eigenvalue weighted by atomic mass is 10.0. The molecule has 3 heterocycles. The molecule has 7 nitrogen and oxygen atoms in total. The Balaban J connectivity index is 1.74. The number of aromatic nitrogens is 4. The fraction of sp³-hybridized carbons (Fsp3) is 0.368. The monoisotopic (exact) mass is 404 g/mol. The summed E-state index contributed by atoms with van der Waals surface area (Å²) in [5.74, 6) is -1.47. The van der Waals surface area contributed by atoms with Crippen molar-refractivity contribution in [3.63, 3.8) is 0 Å². The van der Waals surface area contributed by atoms with E-state index in [1.807, 2.05) is 13.8 Å². The Bertz CT molecular complexity index is 1070. The average molecular weight is 404 g/mol. The summed E-state index contributed by atoms with van der Waals surface area (Å²) in [6, 6.07) is 2.25. The van der Waals surface area contributed by atoms with Crippen LogP contribution in [0.25, 0.3) is 5.65 Å². The first-order valence-electron chi connectivity index (χ1n) is 9.20. The van der Waals surface area contributed by atoms with E-state index in [0.29, 0.717) is 0 Å². The van der Waals surface area contributed by atoms with Crippen LogP contribution in [0.4, 0.5) is 19.1 Å². The third-order valence-corrected chi connectivity index (χ3v) is 4.75. The molecule has 1 saturated heterocycles. The van der Waals surface area contributed by atoms with Crippen LogP contribution in [-0.2, 0) is 0 Å². The van der Waals surface area contributed by atoms with Crippen LogP contribution in [0.1, 0.15) is 42.2 Å². The Morgan fingerprint density at radius 2 is 2.10 bits per heavy atom. The molecule has 3 aromatic rings. The molecule has 1 N–H and O–H groups in total. The fourth-order valence-corrected chi connectivity index (χ4v) is 3.49. The van der Waals surface area contributed by atoms with Gasteiger partial charge in [0.05, 0.1) is 18.8 Å². The van der Waals surface area contributed by atoms with Gasteiger partial charge in [-0.15, -0.1) is 0 Å². The second kappa shape index (κ2) is 7.34. The second-order valence-corrected chi connectivity index (χ2v) is 7.28. The minimum Gasteiger partial charge on any atom is -0.350 e. The highest BCUT2D eigenvalue weighted by molar-refractivity contribution is 5.99. The van der Waals surface area contributed by atoms with Gasteiger partial charge < -0.3 is 10.2 Å². The zero-order valence-electron chi connectivity index (χ0n) is 15.8. The maximum atomic E-state index is 14.3. The number of carbonyl (C=O) groups excluding carboxylic acids is 1. The average Bonchev–Trinajstić information content (AvgIpc) is 3.26. The third-order valence-electron chi connectivity index (χ3n) is 4.75. The second-order valence-electron chi connectivity index (χ2n) is 7.28. The number of amides is 1. The Morgan fingerprint density at radius 3 is 2.86 bits per heavy atom. The smallest absolute Gasteiger partial charge is 0.256 e. The number of benzene rings is 1. The lowest BCUT2D eigenvalue weighted by Gasteiger charge is -2.24. The number of rotatable bonds is 4. The van der Waals surface area contributed by atoms with E-state index in [1.54, 1.807) is 0 Å². The van der Waals surface area contributed by atoms with E-state index in [1.165, 1.54) is 21.9 Å². The van der Waals surface area contributed by atoms with E-state index >= 15 is 0 Å². The molecular weight excluding hydrogens is 385 g/mol. The van der Waals surface area contributed by atoms with E-state index in [-0.39, 0.29) is 47.6 Å². The molecule has 1 aliphatic rings. The van der Waals surface area contributed by atoms with Crippen LogP contribution >= 0.6 is 0 Å². The Hall–Kier alpha value is -3.17. The summed E-state index contributed by atoms with van der Waals surface area (Å²) in [7, 11) is 0. The van der Waals surface area contributed by atoms with E-state index in [2.05, 4.69) is 20.4 Å². The normalized spacial score (nSPS) is 19.3. The van der Waals surface area contributed by atoms with Crippen molar-refractivity contribution < 1.29 is 18.0 Å². The van der Waals surface area contributed by atoms with Crippen molar-refractivity contribution in [2.24, 2.45) is 0 Å². The van der Waals surface area contributed by atoms with Crippen molar-refractivity contribution in [1.29, 1.82) is 0 Å². The van der Waals surface area contributed by atoms with Gasteiger partial charge in [0.2, 0.25) is 5.95 Å². The minimum absolute atomic E-state index is 0.0190. The quantitative estimate of drug-likeness (QED) is 0.724. The highest BCUT2D eigenvalue weighted by Crippen LogP contribution is 2.37. The standard InChI is InChI=1S/C19H19F3N6O/c1-10(2)25-18(29)14-7-24-28-9-23-19(26-17(14)28)27-8-12(21)6-16(27)13-5-11(20)3-4-15(13)22/h3-5,7,9-10,12,16H,6,8H2,1-2H3,(H,25,29)/t12-,16+/m0/s1. The summed E-state index contributed by atoms with van der Waals surface area (Å²) >= 11 is 0. The van der Waals surface area contributed by atoms with Gasteiger partial charge in [0, 0.05) is 18.0 Å². The molecule has 1 amide bonds. The molecule has 0 aliphatic carbocycles. The van der Waals surface area contributed by atoms with E-state index in [0.717, 1.165) is 18.2 Å². The first-order valence-corrected chi connectivity index (χ1v) is 9.20. The highest BCUT2D eigenvalue weighted by atomic mass is 19.1. The molecule has 29 heavy (non-hydrogen) atoms. The lowest BCUT2D eigenvalue weighted by Crippen LogP contribution is -2.30. The maximum Gasteiger partial charge on any atom is 0.256 e. The predicted molar refractivity (Wildman–Crippen MR) is 99.3 cm³/mol. The van der Waals surface area contributed by atoms with Crippen LogP contribution in [0.15, 0.2) is 30.7 Å². The van der Waals surface area contributed by atoms with Gasteiger partial charge in [-0.2, -0.15) is 10.1 Å². The van der Waals surface area contributed by atoms with Gasteiger partial charge in [0.15, 0.2) is 5.65 Å². The first kappa shape index (κ1) is 19.2. The lowest BCUT2D eigenvalue weighted by molar-refractivity contribution is 0.0944. The number of anilines is 1. The Labute approximate surface area is 164 Å². The molecule has 4 rings (SSSR count). The summed E-state index contributed by atoms with van der Waals surface area (Å²) in [5.41, 5.74) is 0.528. The SMILES string of the molecule is CC(C)NC(=O)c1cnn2cnc(N3C[C@@H](F)C[C@@H]3c3cc(F)ccc3F)nc12. The Morgan fingerprint density at radius 1 is 1.31 bits per heavy atom. The number of nitrogens with one attached hydrogen (secondary N) is 1. The van der Waals surface area contributed by atoms with Gasteiger partial charge in [-0.05, 0) is 32.0 Å². The molecule has 2 aromatic heterocycles. The summed E-state index contributed by atoms with van der Waals surface area (Å²) in [4.78, 5) is 22.4. The van der Waals surface area contributed by atoms with Crippen LogP contribution in [0.2, 0.25) is 0 Å². The molecule has 1 aromatic carbocycles. The molecule has 0 radical (unpaired) electrons. The topological polar surface area (TPSA) is 75.4 Å². The van der Waals surface area contributed by atoms with Gasteiger partial charge >= 0.3 is 0 Å². The summed E-state index contributed by atoms with van der Waals surface area (Å²) < 4.78 is 43.6. The number of nitrogens with zero attached hydrogens (tertiary/aromatic N) is 5. The number of halogens is 3. The molecule has 1 aliphatic heterocycles. The maximum absolute atomic E-state index is 14.3. The molecular formula is C19H19F3N6O. The molecule has 2 atom stereocenters. The molecule has 0 spiro atoms. The molecule has 152 valence electrons. The zero-order valence-corrected chi connectivity index (χ0v) is 15.8. The van der Waals surface area contributed by atoms with Crippen LogP contribution in [-0.4, -0.2) is 44.2 Å². The van der Waals surface area contributed by atoms with Crippen molar-refractivity contribution in [3.05, 3.63) is 53.5 Å². The third kappa shape index (κ3) is 3.62. The molecule has 0 saturated carbocycles. The van der Waals surface area contributed by atoms with E-state index in [9.17, 15) is 18.0 Å². The number of alkyl halides is 1. The molecule has 0 bridgehead atoms. The molecule has 1 fully saturated rings. The van der Waals surface area contributed by atoms with E-state index in [4.69, 9.17) is 0 Å². The van der Waals surface area contributed by atoms with Crippen LogP contribution in [0, 0.1) is 11.6 Å². The molecule has 0 unspecified atom stereocenters. The van der Waals surface area contributed by atoms with Gasteiger partial charge in [-0.3, -0.25) is 4.79 Å². The first-order chi connectivity index (χ1) is 13.8. The number of hydrogen-bond donors (Lipinski definition) is 1. The number of hydrogen-bond acceptors (Lipinski definition) is 5. The van der Waals surface area contributed by atoms with Crippen molar-refractivity contribution in [2.45, 2.75) is 38.5 Å². The van der Waals surface area contributed by atoms with Crippen molar-refractivity contribution >= 4 is 17.5 Å². The van der Waals surface area contributed by atoms with Crippen molar-refractivity contribution in [3.8, 4) is 0 Å². The van der Waals surface area contributed by atoms with Gasteiger partial charge in [-0.25, -0.2) is 22.7 Å². The van der Waals surface area contributed by atoms with Crippen LogP contribution in [0.3, 0.4) is 0 Å². The molecule has 10 heteroatoms. The highest BCUT2D eigenvalue weighted by Gasteiger charge is 2.37. The van der Waals surface area contributed by atoms with Gasteiger partial charge in [-0.1, -0.05) is 0 Å². The van der Waals surface area contributed by atoms with E-state index < -0.39 is 23.8 Å². The van der Waals surface area contributed by atoms with Crippen molar-refractivity contribution in [1.82, 2.24) is 24.9 Å². The summed E-state index contributed by atoms with van der Waals surface area (Å²) in [6.07, 6.45) is 1.46. The van der Waals surface area contributed by atoms with Gasteiger partial charge in [0.25, 0.3) is 5.91 Å². The van der Waals surface area contributed by atoms with Crippen LogP contribution in [0.5, 0.6) is 0 Å². The fourth-order valence-electron chi connectivity index (χ4n) is 3.49. The number of fused-ring (bicyclic) bond motifs is 1. The predicted octanol–water partition coefficient (Wildman–Crippen LogP) is 2.83. The summed E-state index contributed by atoms with van der Waals surface area (Å²) in [6.45, 7) is 3.58. The number of carbonyl (C=O) groups is 1.